The summed E-state index contributed by atoms with van der Waals surface area (Å²) in [6.07, 6.45) is 2.09. The van der Waals surface area contributed by atoms with E-state index in [2.05, 4.69) is 58.6 Å². The van der Waals surface area contributed by atoms with Gasteiger partial charge in [0.1, 0.15) is 0 Å². The van der Waals surface area contributed by atoms with Crippen LogP contribution in [-0.2, 0) is 16.3 Å². The molecule has 1 fully saturated rings. The summed E-state index contributed by atoms with van der Waals surface area (Å²) in [4.78, 5) is 6.43. The Kier molecular flexibility index (Phi) is 8.57. The van der Waals surface area contributed by atoms with Crippen LogP contribution in [0.25, 0.3) is 0 Å². The first-order valence-corrected chi connectivity index (χ1v) is 11.7. The van der Waals surface area contributed by atoms with Crippen molar-refractivity contribution in [2.75, 3.05) is 51.3 Å². The molecule has 6 nitrogen and oxygen atoms in total. The molecule has 0 atom stereocenters. The monoisotopic (exact) mass is 394 g/mol. The maximum absolute atomic E-state index is 11.4. The minimum atomic E-state index is -2.80. The fraction of sp³-hybridized carbons (Fsp3) is 0.650. The Hall–Kier alpha value is -1.60. The molecule has 0 amide bonds. The SMILES string of the molecule is CN=C(NCCCc1ccc(C(C)C)cc1)NCCN1CCS(=O)(=O)CC1. The highest BCUT2D eigenvalue weighted by Crippen LogP contribution is 2.15. The van der Waals surface area contributed by atoms with E-state index in [0.717, 1.165) is 38.4 Å². The van der Waals surface area contributed by atoms with Gasteiger partial charge in [-0.2, -0.15) is 0 Å². The zero-order valence-electron chi connectivity index (χ0n) is 16.9. The molecule has 0 saturated carbocycles. The highest BCUT2D eigenvalue weighted by Gasteiger charge is 2.20. The fourth-order valence-electron chi connectivity index (χ4n) is 3.10. The predicted octanol–water partition coefficient (Wildman–Crippen LogP) is 1.64. The molecule has 1 aromatic rings. The molecule has 0 aromatic heterocycles. The minimum absolute atomic E-state index is 0.276. The molecule has 0 spiro atoms. The lowest BCUT2D eigenvalue weighted by Gasteiger charge is -2.26. The van der Waals surface area contributed by atoms with E-state index < -0.39 is 9.84 Å². The van der Waals surface area contributed by atoms with Crippen LogP contribution >= 0.6 is 0 Å². The van der Waals surface area contributed by atoms with E-state index in [0.29, 0.717) is 19.0 Å². The molecule has 1 saturated heterocycles. The van der Waals surface area contributed by atoms with E-state index in [1.807, 2.05) is 0 Å². The summed E-state index contributed by atoms with van der Waals surface area (Å²) in [6, 6.07) is 8.89. The number of aliphatic imine (C=N–C) groups is 1. The standard InChI is InChI=1S/C20H34N4O2S/c1-17(2)19-8-6-18(7-9-19)5-4-10-22-20(21-3)23-11-12-24-13-15-27(25,26)16-14-24/h6-9,17H,4-5,10-16H2,1-3H3,(H2,21,22,23). The van der Waals surface area contributed by atoms with Crippen molar-refractivity contribution in [3.63, 3.8) is 0 Å². The second-order valence-corrected chi connectivity index (χ2v) is 9.72. The number of nitrogens with zero attached hydrogens (tertiary/aromatic N) is 2. The normalized spacial score (nSPS) is 17.9. The van der Waals surface area contributed by atoms with Gasteiger partial charge in [0, 0.05) is 39.8 Å². The summed E-state index contributed by atoms with van der Waals surface area (Å²) < 4.78 is 22.9. The number of hydrogen-bond acceptors (Lipinski definition) is 4. The molecule has 1 aliphatic heterocycles. The topological polar surface area (TPSA) is 73.8 Å². The van der Waals surface area contributed by atoms with Gasteiger partial charge in [-0.25, -0.2) is 8.42 Å². The molecular weight excluding hydrogens is 360 g/mol. The van der Waals surface area contributed by atoms with Crippen molar-refractivity contribution in [1.82, 2.24) is 15.5 Å². The zero-order valence-corrected chi connectivity index (χ0v) is 17.7. The maximum Gasteiger partial charge on any atom is 0.191 e. The quantitative estimate of drug-likeness (QED) is 0.398. The van der Waals surface area contributed by atoms with Crippen LogP contribution in [0.3, 0.4) is 0 Å². The smallest absolute Gasteiger partial charge is 0.191 e. The average molecular weight is 395 g/mol. The number of aryl methyl sites for hydroxylation is 1. The Bertz CT molecular complexity index is 685. The lowest BCUT2D eigenvalue weighted by molar-refractivity contribution is 0.299. The second-order valence-electron chi connectivity index (χ2n) is 7.42. The summed E-state index contributed by atoms with van der Waals surface area (Å²) >= 11 is 0. The molecule has 2 rings (SSSR count). The van der Waals surface area contributed by atoms with Crippen molar-refractivity contribution in [3.8, 4) is 0 Å². The van der Waals surface area contributed by atoms with Crippen LogP contribution in [0, 0.1) is 0 Å². The lowest BCUT2D eigenvalue weighted by atomic mass is 10.0. The first kappa shape index (κ1) is 21.7. The summed E-state index contributed by atoms with van der Waals surface area (Å²) in [6.45, 7) is 8.15. The van der Waals surface area contributed by atoms with Gasteiger partial charge < -0.3 is 10.6 Å². The number of hydrogen-bond donors (Lipinski definition) is 2. The Morgan fingerprint density at radius 2 is 1.74 bits per heavy atom. The van der Waals surface area contributed by atoms with E-state index in [4.69, 9.17) is 0 Å². The maximum atomic E-state index is 11.4. The summed E-state index contributed by atoms with van der Waals surface area (Å²) in [5, 5.41) is 6.65. The van der Waals surface area contributed by atoms with E-state index >= 15 is 0 Å². The largest absolute Gasteiger partial charge is 0.356 e. The van der Waals surface area contributed by atoms with Gasteiger partial charge >= 0.3 is 0 Å². The first-order valence-electron chi connectivity index (χ1n) is 9.86. The molecule has 27 heavy (non-hydrogen) atoms. The van der Waals surface area contributed by atoms with Crippen LogP contribution < -0.4 is 10.6 Å². The van der Waals surface area contributed by atoms with Gasteiger partial charge in [0.25, 0.3) is 0 Å². The van der Waals surface area contributed by atoms with Crippen molar-refractivity contribution in [3.05, 3.63) is 35.4 Å². The molecule has 1 aliphatic rings. The van der Waals surface area contributed by atoms with Gasteiger partial charge in [0.05, 0.1) is 11.5 Å². The van der Waals surface area contributed by atoms with E-state index in [9.17, 15) is 8.42 Å². The summed E-state index contributed by atoms with van der Waals surface area (Å²) in [5.41, 5.74) is 2.75. The molecule has 152 valence electrons. The second kappa shape index (κ2) is 10.7. The summed E-state index contributed by atoms with van der Waals surface area (Å²) in [7, 11) is -1.03. The van der Waals surface area contributed by atoms with Gasteiger partial charge in [-0.3, -0.25) is 9.89 Å². The molecule has 0 aliphatic carbocycles. The van der Waals surface area contributed by atoms with E-state index in [-0.39, 0.29) is 11.5 Å². The van der Waals surface area contributed by atoms with Crippen LogP contribution in [0.4, 0.5) is 0 Å². The third-order valence-electron chi connectivity index (χ3n) is 4.96. The van der Waals surface area contributed by atoms with Crippen LogP contribution in [0.15, 0.2) is 29.3 Å². The molecule has 0 unspecified atom stereocenters. The van der Waals surface area contributed by atoms with Gasteiger partial charge in [0.2, 0.25) is 0 Å². The van der Waals surface area contributed by atoms with E-state index in [1.54, 1.807) is 7.05 Å². The van der Waals surface area contributed by atoms with Crippen molar-refractivity contribution < 1.29 is 8.42 Å². The van der Waals surface area contributed by atoms with Gasteiger partial charge in [-0.05, 0) is 29.9 Å². The number of sulfone groups is 1. The zero-order chi connectivity index (χ0) is 19.7. The number of guanidine groups is 1. The number of benzene rings is 1. The molecule has 7 heteroatoms. The Morgan fingerprint density at radius 3 is 2.33 bits per heavy atom. The van der Waals surface area contributed by atoms with Gasteiger partial charge in [-0.15, -0.1) is 0 Å². The number of rotatable bonds is 8. The summed E-state index contributed by atoms with van der Waals surface area (Å²) in [5.74, 6) is 1.93. The van der Waals surface area contributed by atoms with Crippen molar-refractivity contribution >= 4 is 15.8 Å². The highest BCUT2D eigenvalue weighted by atomic mass is 32.2. The third kappa shape index (κ3) is 7.89. The van der Waals surface area contributed by atoms with Gasteiger partial charge in [-0.1, -0.05) is 38.1 Å². The third-order valence-corrected chi connectivity index (χ3v) is 6.57. The van der Waals surface area contributed by atoms with Gasteiger partial charge in [0.15, 0.2) is 15.8 Å². The van der Waals surface area contributed by atoms with Crippen molar-refractivity contribution in [2.24, 2.45) is 4.99 Å². The van der Waals surface area contributed by atoms with Crippen molar-refractivity contribution in [1.29, 1.82) is 0 Å². The fourth-order valence-corrected chi connectivity index (χ4v) is 4.37. The molecule has 0 radical (unpaired) electrons. The van der Waals surface area contributed by atoms with Crippen LogP contribution in [0.5, 0.6) is 0 Å². The minimum Gasteiger partial charge on any atom is -0.356 e. The average Bonchev–Trinajstić information content (AvgIpc) is 2.65. The predicted molar refractivity (Wildman–Crippen MR) is 113 cm³/mol. The molecule has 1 aromatic carbocycles. The Morgan fingerprint density at radius 1 is 1.11 bits per heavy atom. The van der Waals surface area contributed by atoms with Crippen LogP contribution in [0.1, 0.15) is 37.3 Å². The van der Waals surface area contributed by atoms with Crippen molar-refractivity contribution in [2.45, 2.75) is 32.6 Å². The molecular formula is C20H34N4O2S. The Balaban J connectivity index is 1.60. The van der Waals surface area contributed by atoms with Crippen LogP contribution in [-0.4, -0.2) is 70.6 Å². The molecule has 0 bridgehead atoms. The highest BCUT2D eigenvalue weighted by molar-refractivity contribution is 7.91. The number of nitrogens with one attached hydrogen (secondary N) is 2. The van der Waals surface area contributed by atoms with Crippen LogP contribution in [0.2, 0.25) is 0 Å². The molecule has 2 N–H and O–H groups in total. The molecule has 1 heterocycles. The first-order chi connectivity index (χ1) is 12.9. The lowest BCUT2D eigenvalue weighted by Crippen LogP contribution is -2.46. The van der Waals surface area contributed by atoms with E-state index in [1.165, 1.54) is 11.1 Å². The Labute approximate surface area is 164 Å².